The Morgan fingerprint density at radius 1 is 1.41 bits per heavy atom. The van der Waals surface area contributed by atoms with Crippen molar-refractivity contribution in [2.45, 2.75) is 13.8 Å². The Kier molecular flexibility index (Phi) is 4.03. The van der Waals surface area contributed by atoms with Crippen LogP contribution in [0.4, 0.5) is 0 Å². The topological polar surface area (TPSA) is 85.7 Å². The highest BCUT2D eigenvalue weighted by Gasteiger charge is 2.22. The van der Waals surface area contributed by atoms with Gasteiger partial charge in [0.1, 0.15) is 0 Å². The monoisotopic (exact) mass is 239 g/mol. The molecule has 1 rings (SSSR count). The highest BCUT2D eigenvalue weighted by molar-refractivity contribution is 5.91. The maximum atomic E-state index is 11.5. The fourth-order valence-corrected chi connectivity index (χ4v) is 1.06. The maximum absolute atomic E-state index is 11.5. The van der Waals surface area contributed by atoms with Crippen molar-refractivity contribution in [3.05, 3.63) is 18.0 Å². The van der Waals surface area contributed by atoms with Crippen LogP contribution in [0.15, 0.2) is 12.3 Å². The molecule has 1 heterocycles. The second kappa shape index (κ2) is 5.29. The summed E-state index contributed by atoms with van der Waals surface area (Å²) in [5.41, 5.74) is -0.349. The number of ether oxygens (including phenoxy) is 2. The van der Waals surface area contributed by atoms with E-state index < -0.39 is 11.9 Å². The lowest BCUT2D eigenvalue weighted by molar-refractivity contribution is -0.137. The van der Waals surface area contributed by atoms with E-state index in [0.717, 1.165) is 0 Å². The van der Waals surface area contributed by atoms with Gasteiger partial charge in [-0.15, -0.1) is 0 Å². The van der Waals surface area contributed by atoms with Crippen molar-refractivity contribution < 1.29 is 24.2 Å². The molecule has 92 valence electrons. The van der Waals surface area contributed by atoms with E-state index in [1.807, 2.05) is 0 Å². The molecule has 1 N–H and O–H groups in total. The van der Waals surface area contributed by atoms with Crippen LogP contribution >= 0.6 is 0 Å². The Labute approximate surface area is 98.2 Å². The number of carbonyl (C=O) groups is 2. The molecule has 1 aromatic heterocycles. The van der Waals surface area contributed by atoms with E-state index in [4.69, 9.17) is 14.6 Å². The first-order chi connectivity index (χ1) is 7.97. The van der Waals surface area contributed by atoms with Gasteiger partial charge < -0.3 is 14.6 Å². The van der Waals surface area contributed by atoms with E-state index in [-0.39, 0.29) is 23.1 Å². The van der Waals surface area contributed by atoms with Crippen molar-refractivity contribution in [1.29, 1.82) is 0 Å². The first kappa shape index (κ1) is 13.0. The maximum Gasteiger partial charge on any atom is 0.358 e. The Hall–Kier alpha value is -2.11. The summed E-state index contributed by atoms with van der Waals surface area (Å²) in [6.07, 6.45) is 1.27. The first-order valence-corrected chi connectivity index (χ1v) is 4.95. The molecule has 0 aliphatic carbocycles. The van der Waals surface area contributed by atoms with Gasteiger partial charge in [-0.05, 0) is 0 Å². The molecule has 1 aromatic rings. The Morgan fingerprint density at radius 3 is 2.53 bits per heavy atom. The second-order valence-corrected chi connectivity index (χ2v) is 3.57. The molecule has 6 nitrogen and oxygen atoms in total. The van der Waals surface area contributed by atoms with Gasteiger partial charge in [-0.2, -0.15) is 0 Å². The van der Waals surface area contributed by atoms with Crippen molar-refractivity contribution in [1.82, 2.24) is 4.98 Å². The lowest BCUT2D eigenvalue weighted by Crippen LogP contribution is -2.17. The van der Waals surface area contributed by atoms with Gasteiger partial charge in [0, 0.05) is 12.3 Å². The number of aromatic nitrogens is 1. The predicted octanol–water partition coefficient (Wildman–Crippen LogP) is 1.35. The fraction of sp³-hybridized carbons (Fsp3) is 0.364. The molecule has 0 saturated heterocycles. The number of esters is 1. The highest BCUT2D eigenvalue weighted by Crippen LogP contribution is 2.30. The summed E-state index contributed by atoms with van der Waals surface area (Å²) < 4.78 is 9.92. The average molecular weight is 239 g/mol. The molecule has 0 fully saturated rings. The average Bonchev–Trinajstić information content (AvgIpc) is 2.28. The zero-order valence-corrected chi connectivity index (χ0v) is 9.76. The van der Waals surface area contributed by atoms with Gasteiger partial charge in [-0.1, -0.05) is 13.8 Å². The standard InChI is InChI=1S/C11H13NO5/c1-6(2)11(15)17-9-7(16-3)4-5-12-8(9)10(13)14/h4-6H,1-3H3,(H,13,14). The van der Waals surface area contributed by atoms with Gasteiger partial charge in [0.2, 0.25) is 5.75 Å². The lowest BCUT2D eigenvalue weighted by atomic mass is 10.2. The molecule has 0 aliphatic rings. The van der Waals surface area contributed by atoms with E-state index in [9.17, 15) is 9.59 Å². The van der Waals surface area contributed by atoms with Crippen molar-refractivity contribution in [2.24, 2.45) is 5.92 Å². The van der Waals surface area contributed by atoms with Crippen LogP contribution in [0.25, 0.3) is 0 Å². The third-order valence-corrected chi connectivity index (χ3v) is 1.96. The van der Waals surface area contributed by atoms with Crippen molar-refractivity contribution >= 4 is 11.9 Å². The van der Waals surface area contributed by atoms with Crippen LogP contribution in [0.5, 0.6) is 11.5 Å². The third-order valence-electron chi connectivity index (χ3n) is 1.96. The molecule has 0 spiro atoms. The van der Waals surface area contributed by atoms with Gasteiger partial charge >= 0.3 is 11.9 Å². The van der Waals surface area contributed by atoms with Crippen molar-refractivity contribution in [3.63, 3.8) is 0 Å². The van der Waals surface area contributed by atoms with Gasteiger partial charge in [-0.3, -0.25) is 4.79 Å². The summed E-state index contributed by atoms with van der Waals surface area (Å²) in [5.74, 6) is -2.21. The molecular formula is C11H13NO5. The molecule has 6 heteroatoms. The molecule has 0 bridgehead atoms. The van der Waals surface area contributed by atoms with Gasteiger partial charge in [0.05, 0.1) is 13.0 Å². The molecule has 0 aliphatic heterocycles. The minimum Gasteiger partial charge on any atom is -0.493 e. The molecule has 0 unspecified atom stereocenters. The van der Waals surface area contributed by atoms with E-state index in [2.05, 4.69) is 4.98 Å². The number of nitrogens with zero attached hydrogens (tertiary/aromatic N) is 1. The van der Waals surface area contributed by atoms with Gasteiger partial charge in [0.15, 0.2) is 11.4 Å². The minimum atomic E-state index is -1.28. The minimum absolute atomic E-state index is 0.159. The van der Waals surface area contributed by atoms with Crippen LogP contribution in [0.2, 0.25) is 0 Å². The molecule has 0 saturated carbocycles. The predicted molar refractivity (Wildman–Crippen MR) is 58.2 cm³/mol. The summed E-state index contributed by atoms with van der Waals surface area (Å²) in [6.45, 7) is 3.29. The molecule has 17 heavy (non-hydrogen) atoms. The smallest absolute Gasteiger partial charge is 0.358 e. The van der Waals surface area contributed by atoms with Gasteiger partial charge in [0.25, 0.3) is 0 Å². The number of carboxylic acids is 1. The number of aromatic carboxylic acids is 1. The number of carboxylic acid groups (broad SMARTS) is 1. The van der Waals surface area contributed by atoms with E-state index in [1.54, 1.807) is 13.8 Å². The number of carbonyl (C=O) groups excluding carboxylic acids is 1. The summed E-state index contributed by atoms with van der Waals surface area (Å²) >= 11 is 0. The Bertz CT molecular complexity index is 441. The number of hydrogen-bond acceptors (Lipinski definition) is 5. The highest BCUT2D eigenvalue weighted by atomic mass is 16.6. The first-order valence-electron chi connectivity index (χ1n) is 4.95. The summed E-state index contributed by atoms with van der Waals surface area (Å²) in [6, 6.07) is 1.43. The van der Waals surface area contributed by atoms with Gasteiger partial charge in [-0.25, -0.2) is 9.78 Å². The van der Waals surface area contributed by atoms with Crippen LogP contribution in [0.3, 0.4) is 0 Å². The molecule has 0 atom stereocenters. The number of rotatable bonds is 4. The molecular weight excluding hydrogens is 226 g/mol. The van der Waals surface area contributed by atoms with Crippen molar-refractivity contribution in [3.8, 4) is 11.5 Å². The third kappa shape index (κ3) is 2.93. The molecule has 0 amide bonds. The van der Waals surface area contributed by atoms with E-state index >= 15 is 0 Å². The Morgan fingerprint density at radius 2 is 2.06 bits per heavy atom. The Balaban J connectivity index is 3.18. The van der Waals surface area contributed by atoms with Crippen LogP contribution in [0, 0.1) is 5.92 Å². The number of hydrogen-bond donors (Lipinski definition) is 1. The van der Waals surface area contributed by atoms with E-state index in [1.165, 1.54) is 19.4 Å². The quantitative estimate of drug-likeness (QED) is 0.798. The largest absolute Gasteiger partial charge is 0.493 e. The lowest BCUT2D eigenvalue weighted by Gasteiger charge is -2.11. The number of methoxy groups -OCH3 is 1. The van der Waals surface area contributed by atoms with Crippen LogP contribution in [-0.2, 0) is 4.79 Å². The SMILES string of the molecule is COc1ccnc(C(=O)O)c1OC(=O)C(C)C. The second-order valence-electron chi connectivity index (χ2n) is 3.57. The van der Waals surface area contributed by atoms with Crippen LogP contribution in [-0.4, -0.2) is 29.1 Å². The van der Waals surface area contributed by atoms with Crippen molar-refractivity contribution in [2.75, 3.05) is 7.11 Å². The zero-order chi connectivity index (χ0) is 13.0. The van der Waals surface area contributed by atoms with Crippen LogP contribution < -0.4 is 9.47 Å². The normalized spacial score (nSPS) is 10.1. The summed E-state index contributed by atoms with van der Waals surface area (Å²) in [7, 11) is 1.35. The number of pyridine rings is 1. The van der Waals surface area contributed by atoms with Crippen LogP contribution in [0.1, 0.15) is 24.3 Å². The molecule has 0 radical (unpaired) electrons. The fourth-order valence-electron chi connectivity index (χ4n) is 1.06. The van der Waals surface area contributed by atoms with E-state index in [0.29, 0.717) is 0 Å². The summed E-state index contributed by atoms with van der Waals surface area (Å²) in [5, 5.41) is 8.93. The zero-order valence-electron chi connectivity index (χ0n) is 9.76. The summed E-state index contributed by atoms with van der Waals surface area (Å²) in [4.78, 5) is 26.0. The molecule has 0 aromatic carbocycles.